The number of ketones is 1. The van der Waals surface area contributed by atoms with Crippen LogP contribution in [0.2, 0.25) is 5.02 Å². The van der Waals surface area contributed by atoms with Crippen LogP contribution >= 0.6 is 27.5 Å². The molecule has 0 aromatic heterocycles. The van der Waals surface area contributed by atoms with Gasteiger partial charge in [0.05, 0.1) is 16.3 Å². The van der Waals surface area contributed by atoms with Crippen molar-refractivity contribution in [2.24, 2.45) is 0 Å². The molecule has 7 heteroatoms. The van der Waals surface area contributed by atoms with Gasteiger partial charge in [-0.1, -0.05) is 39.7 Å². The Morgan fingerprint density at radius 1 is 1.10 bits per heavy atom. The number of halogens is 2. The lowest BCUT2D eigenvalue weighted by Gasteiger charge is -2.38. The molecular weight excluding hydrogens is 458 g/mol. The van der Waals surface area contributed by atoms with Crippen LogP contribution in [0.5, 0.6) is 0 Å². The highest BCUT2D eigenvalue weighted by Crippen LogP contribution is 2.45. The largest absolute Gasteiger partial charge is 0.478 e. The molecule has 148 valence electrons. The maximum atomic E-state index is 13.2. The lowest BCUT2D eigenvalue weighted by molar-refractivity contribution is -0.119. The molecule has 1 N–H and O–H groups in total. The van der Waals surface area contributed by atoms with Crippen molar-refractivity contribution in [1.29, 1.82) is 0 Å². The van der Waals surface area contributed by atoms with Gasteiger partial charge in [0, 0.05) is 34.5 Å². The number of aromatic carboxylic acids is 1. The molecule has 1 amide bonds. The number of carboxylic acids is 1. The van der Waals surface area contributed by atoms with E-state index in [-0.39, 0.29) is 34.6 Å². The van der Waals surface area contributed by atoms with Crippen LogP contribution in [0, 0.1) is 0 Å². The number of hydrogen-bond acceptors (Lipinski definition) is 3. The zero-order valence-electron chi connectivity index (χ0n) is 15.3. The summed E-state index contributed by atoms with van der Waals surface area (Å²) in [6.45, 7) is 0. The zero-order valence-corrected chi connectivity index (χ0v) is 17.7. The van der Waals surface area contributed by atoms with Crippen LogP contribution < -0.4 is 4.90 Å². The van der Waals surface area contributed by atoms with Crippen LogP contribution in [-0.2, 0) is 9.59 Å². The minimum Gasteiger partial charge on any atom is -0.478 e. The number of rotatable bonds is 3. The summed E-state index contributed by atoms with van der Waals surface area (Å²) in [4.78, 5) is 39.0. The Hall–Kier alpha value is -2.44. The number of benzene rings is 2. The number of anilines is 1. The normalized spacial score (nSPS) is 19.4. The van der Waals surface area contributed by atoms with Crippen molar-refractivity contribution in [2.75, 3.05) is 4.90 Å². The molecule has 0 spiro atoms. The Morgan fingerprint density at radius 2 is 1.83 bits per heavy atom. The lowest BCUT2D eigenvalue weighted by Crippen LogP contribution is -2.40. The maximum Gasteiger partial charge on any atom is 0.335 e. The summed E-state index contributed by atoms with van der Waals surface area (Å²) in [6, 6.07) is 11.9. The van der Waals surface area contributed by atoms with Gasteiger partial charge in [-0.2, -0.15) is 0 Å². The molecule has 2 aliphatic rings. The summed E-state index contributed by atoms with van der Waals surface area (Å²) in [6.07, 6.45) is 1.77. The minimum atomic E-state index is -1.10. The van der Waals surface area contributed by atoms with E-state index in [1.807, 2.05) is 24.3 Å². The Labute approximate surface area is 181 Å². The SMILES string of the molecule is O=C1CCCC2=C1C(c1ccc(Br)cc1)CC(=O)N2c1cc(C(=O)O)ccc1Cl. The Bertz CT molecular complexity index is 1060. The zero-order chi connectivity index (χ0) is 20.7. The fourth-order valence-corrected chi connectivity index (χ4v) is 4.54. The number of hydrogen-bond donors (Lipinski definition) is 1. The number of Topliss-reactive ketones (excluding diaryl/α,β-unsaturated/α-hetero) is 1. The van der Waals surface area contributed by atoms with Gasteiger partial charge in [0.15, 0.2) is 5.78 Å². The van der Waals surface area contributed by atoms with Crippen molar-refractivity contribution in [2.45, 2.75) is 31.6 Å². The monoisotopic (exact) mass is 473 g/mol. The van der Waals surface area contributed by atoms with Gasteiger partial charge >= 0.3 is 5.97 Å². The molecule has 0 radical (unpaired) electrons. The van der Waals surface area contributed by atoms with E-state index in [9.17, 15) is 19.5 Å². The highest BCUT2D eigenvalue weighted by atomic mass is 79.9. The molecule has 4 rings (SSSR count). The van der Waals surface area contributed by atoms with E-state index < -0.39 is 5.97 Å². The molecule has 29 heavy (non-hydrogen) atoms. The van der Waals surface area contributed by atoms with Gasteiger partial charge in [-0.05, 0) is 48.7 Å². The van der Waals surface area contributed by atoms with Gasteiger partial charge in [0.25, 0.3) is 0 Å². The first kappa shape index (κ1) is 19.9. The van der Waals surface area contributed by atoms with Crippen molar-refractivity contribution in [3.63, 3.8) is 0 Å². The Kier molecular flexibility index (Phi) is 5.32. The van der Waals surface area contributed by atoms with Gasteiger partial charge in [0.2, 0.25) is 5.91 Å². The fraction of sp³-hybridized carbons (Fsp3) is 0.227. The summed E-state index contributed by atoms with van der Waals surface area (Å²) in [5.74, 6) is -1.58. The van der Waals surface area contributed by atoms with Crippen LogP contribution in [0.15, 0.2) is 58.2 Å². The average molecular weight is 475 g/mol. The van der Waals surface area contributed by atoms with Crippen molar-refractivity contribution in [3.8, 4) is 0 Å². The number of allylic oxidation sites excluding steroid dienone is 2. The Balaban J connectivity index is 1.88. The highest BCUT2D eigenvalue weighted by Gasteiger charge is 2.40. The average Bonchev–Trinajstić information content (AvgIpc) is 2.69. The highest BCUT2D eigenvalue weighted by molar-refractivity contribution is 9.10. The van der Waals surface area contributed by atoms with E-state index in [1.165, 1.54) is 23.1 Å². The van der Waals surface area contributed by atoms with Crippen LogP contribution in [0.25, 0.3) is 0 Å². The van der Waals surface area contributed by atoms with E-state index in [0.717, 1.165) is 10.0 Å². The summed E-state index contributed by atoms with van der Waals surface area (Å²) in [5, 5.41) is 9.61. The predicted octanol–water partition coefficient (Wildman–Crippen LogP) is 5.33. The molecule has 5 nitrogen and oxygen atoms in total. The van der Waals surface area contributed by atoms with E-state index in [4.69, 9.17) is 11.6 Å². The number of carbonyl (C=O) groups is 3. The van der Waals surface area contributed by atoms with E-state index in [0.29, 0.717) is 36.2 Å². The van der Waals surface area contributed by atoms with Crippen LogP contribution in [-0.4, -0.2) is 22.8 Å². The minimum absolute atomic E-state index is 0.0298. The smallest absolute Gasteiger partial charge is 0.335 e. The molecule has 0 saturated heterocycles. The molecule has 2 aromatic rings. The topological polar surface area (TPSA) is 74.7 Å². The number of carbonyl (C=O) groups excluding carboxylic acids is 2. The Morgan fingerprint density at radius 3 is 2.52 bits per heavy atom. The molecule has 2 aromatic carbocycles. The molecule has 1 aliphatic heterocycles. The summed E-state index contributed by atoms with van der Waals surface area (Å²) in [5.41, 5.74) is 2.53. The van der Waals surface area contributed by atoms with Crippen molar-refractivity contribution in [3.05, 3.63) is 74.4 Å². The third-order valence-corrected chi connectivity index (χ3v) is 6.23. The van der Waals surface area contributed by atoms with E-state index in [2.05, 4.69) is 15.9 Å². The van der Waals surface area contributed by atoms with Crippen LogP contribution in [0.4, 0.5) is 5.69 Å². The van der Waals surface area contributed by atoms with E-state index in [1.54, 1.807) is 0 Å². The standard InChI is InChI=1S/C22H17BrClNO4/c23-14-7-4-12(5-8-14)15-11-20(27)25(17-2-1-3-19(26)21(15)17)18-10-13(22(28)29)6-9-16(18)24/h4-10,15H,1-3,11H2,(H,28,29). The molecule has 0 fully saturated rings. The first-order valence-corrected chi connectivity index (χ1v) is 10.4. The van der Waals surface area contributed by atoms with Crippen LogP contribution in [0.3, 0.4) is 0 Å². The molecule has 1 heterocycles. The van der Waals surface area contributed by atoms with Gasteiger partial charge < -0.3 is 5.11 Å². The molecule has 1 unspecified atom stereocenters. The lowest BCUT2D eigenvalue weighted by atomic mass is 9.77. The number of carboxylic acid groups (broad SMARTS) is 1. The first-order chi connectivity index (χ1) is 13.9. The predicted molar refractivity (Wildman–Crippen MR) is 113 cm³/mol. The van der Waals surface area contributed by atoms with Gasteiger partial charge in [0.1, 0.15) is 0 Å². The molecular formula is C22H17BrClNO4. The van der Waals surface area contributed by atoms with Crippen LogP contribution in [0.1, 0.15) is 47.5 Å². The summed E-state index contributed by atoms with van der Waals surface area (Å²) in [7, 11) is 0. The summed E-state index contributed by atoms with van der Waals surface area (Å²) < 4.78 is 0.923. The van der Waals surface area contributed by atoms with Gasteiger partial charge in [-0.25, -0.2) is 4.79 Å². The third-order valence-electron chi connectivity index (χ3n) is 5.38. The molecule has 1 atom stereocenters. The number of amides is 1. The third kappa shape index (κ3) is 3.63. The fourth-order valence-electron chi connectivity index (χ4n) is 4.07. The maximum absolute atomic E-state index is 13.2. The first-order valence-electron chi connectivity index (χ1n) is 9.24. The number of nitrogens with zero attached hydrogens (tertiary/aromatic N) is 1. The second-order valence-corrected chi connectivity index (χ2v) is 8.47. The molecule has 0 bridgehead atoms. The van der Waals surface area contributed by atoms with Gasteiger partial charge in [-0.3, -0.25) is 14.5 Å². The second kappa shape index (κ2) is 7.76. The van der Waals surface area contributed by atoms with E-state index >= 15 is 0 Å². The van der Waals surface area contributed by atoms with Gasteiger partial charge in [-0.15, -0.1) is 0 Å². The summed E-state index contributed by atoms with van der Waals surface area (Å²) >= 11 is 9.75. The molecule has 0 saturated carbocycles. The van der Waals surface area contributed by atoms with Crippen molar-refractivity contribution in [1.82, 2.24) is 0 Å². The molecule has 1 aliphatic carbocycles. The van der Waals surface area contributed by atoms with Crippen molar-refractivity contribution >= 4 is 50.9 Å². The second-order valence-electron chi connectivity index (χ2n) is 7.15. The van der Waals surface area contributed by atoms with Crippen molar-refractivity contribution < 1.29 is 19.5 Å². The quantitative estimate of drug-likeness (QED) is 0.652.